The number of piperazine rings is 1. The van der Waals surface area contributed by atoms with Gasteiger partial charge in [0.2, 0.25) is 11.8 Å². The number of amides is 1. The summed E-state index contributed by atoms with van der Waals surface area (Å²) < 4.78 is 4.92. The van der Waals surface area contributed by atoms with Gasteiger partial charge in [-0.05, 0) is 12.6 Å². The van der Waals surface area contributed by atoms with Crippen LogP contribution in [0.2, 0.25) is 0 Å². The third-order valence-corrected chi connectivity index (χ3v) is 4.06. The maximum Gasteiger partial charge on any atom is 0.230 e. The fourth-order valence-electron chi connectivity index (χ4n) is 2.80. The van der Waals surface area contributed by atoms with Gasteiger partial charge in [0.25, 0.3) is 0 Å². The molecule has 1 fully saturated rings. The van der Waals surface area contributed by atoms with E-state index in [0.717, 1.165) is 13.1 Å². The number of benzene rings is 1. The van der Waals surface area contributed by atoms with Crippen LogP contribution in [0.3, 0.4) is 0 Å². The van der Waals surface area contributed by atoms with Gasteiger partial charge in [-0.3, -0.25) is 9.69 Å². The van der Waals surface area contributed by atoms with Crippen molar-refractivity contribution < 1.29 is 9.32 Å². The average molecular weight is 300 g/mol. The zero-order valence-corrected chi connectivity index (χ0v) is 12.9. The standard InChI is InChI=1S/C16H20N4O2/c1-12-17-15(18-22-12)10-16(21)20-9-8-19(2)14(11-20)13-6-4-3-5-7-13/h3-7,14H,8-11H2,1-2H3. The molecule has 1 amide bonds. The predicted octanol–water partition coefficient (Wildman–Crippen LogP) is 1.44. The quantitative estimate of drug-likeness (QED) is 0.858. The van der Waals surface area contributed by atoms with Crippen molar-refractivity contribution in [1.82, 2.24) is 19.9 Å². The summed E-state index contributed by atoms with van der Waals surface area (Å²) in [5.74, 6) is 0.996. The van der Waals surface area contributed by atoms with Crippen LogP contribution in [-0.4, -0.2) is 52.5 Å². The molecule has 1 aliphatic rings. The fraction of sp³-hybridized carbons (Fsp3) is 0.438. The summed E-state index contributed by atoms with van der Waals surface area (Å²) in [5.41, 5.74) is 1.23. The zero-order valence-electron chi connectivity index (χ0n) is 12.9. The van der Waals surface area contributed by atoms with Gasteiger partial charge >= 0.3 is 0 Å². The van der Waals surface area contributed by atoms with Crippen molar-refractivity contribution in [3.8, 4) is 0 Å². The lowest BCUT2D eigenvalue weighted by molar-refractivity contribution is -0.133. The first-order chi connectivity index (χ1) is 10.6. The van der Waals surface area contributed by atoms with Crippen LogP contribution in [0.15, 0.2) is 34.9 Å². The van der Waals surface area contributed by atoms with Gasteiger partial charge in [-0.15, -0.1) is 0 Å². The Morgan fingerprint density at radius 2 is 2.09 bits per heavy atom. The lowest BCUT2D eigenvalue weighted by Gasteiger charge is -2.39. The summed E-state index contributed by atoms with van der Waals surface area (Å²) in [6.45, 7) is 4.00. The van der Waals surface area contributed by atoms with Crippen LogP contribution in [-0.2, 0) is 11.2 Å². The Hall–Kier alpha value is -2.21. The molecule has 0 saturated carbocycles. The Labute approximate surface area is 129 Å². The molecule has 1 aromatic carbocycles. The van der Waals surface area contributed by atoms with Crippen molar-refractivity contribution in [2.45, 2.75) is 19.4 Å². The summed E-state index contributed by atoms with van der Waals surface area (Å²) in [6, 6.07) is 10.5. The highest BCUT2D eigenvalue weighted by Crippen LogP contribution is 2.24. The molecule has 1 unspecified atom stereocenters. The summed E-state index contributed by atoms with van der Waals surface area (Å²) in [6.07, 6.45) is 0.197. The van der Waals surface area contributed by atoms with E-state index in [9.17, 15) is 4.79 Å². The van der Waals surface area contributed by atoms with Crippen molar-refractivity contribution in [3.63, 3.8) is 0 Å². The Morgan fingerprint density at radius 3 is 2.77 bits per heavy atom. The van der Waals surface area contributed by atoms with Crippen molar-refractivity contribution >= 4 is 5.91 Å². The number of nitrogens with zero attached hydrogens (tertiary/aromatic N) is 4. The molecule has 0 bridgehead atoms. The summed E-state index contributed by atoms with van der Waals surface area (Å²) >= 11 is 0. The minimum absolute atomic E-state index is 0.0508. The number of likely N-dealkylation sites (N-methyl/N-ethyl adjacent to an activating group) is 1. The number of carbonyl (C=O) groups excluding carboxylic acids is 1. The first-order valence-electron chi connectivity index (χ1n) is 7.45. The smallest absolute Gasteiger partial charge is 0.230 e. The second-order valence-electron chi connectivity index (χ2n) is 5.65. The van der Waals surface area contributed by atoms with E-state index in [4.69, 9.17) is 4.52 Å². The Balaban J connectivity index is 1.68. The van der Waals surface area contributed by atoms with E-state index in [2.05, 4.69) is 34.2 Å². The summed E-state index contributed by atoms with van der Waals surface area (Å²) in [7, 11) is 2.10. The molecule has 2 heterocycles. The van der Waals surface area contributed by atoms with Gasteiger partial charge in [-0.1, -0.05) is 35.5 Å². The monoisotopic (exact) mass is 300 g/mol. The summed E-state index contributed by atoms with van der Waals surface area (Å²) in [4.78, 5) is 20.7. The minimum Gasteiger partial charge on any atom is -0.340 e. The van der Waals surface area contributed by atoms with E-state index >= 15 is 0 Å². The highest BCUT2D eigenvalue weighted by atomic mass is 16.5. The van der Waals surface area contributed by atoms with Crippen LogP contribution in [0.4, 0.5) is 0 Å². The minimum atomic E-state index is 0.0508. The lowest BCUT2D eigenvalue weighted by Crippen LogP contribution is -2.49. The molecule has 6 heteroatoms. The second kappa shape index (κ2) is 6.27. The maximum atomic E-state index is 12.4. The van der Waals surface area contributed by atoms with Crippen LogP contribution in [0.1, 0.15) is 23.3 Å². The molecule has 1 saturated heterocycles. The molecule has 0 spiro atoms. The van der Waals surface area contributed by atoms with E-state index in [1.165, 1.54) is 5.56 Å². The van der Waals surface area contributed by atoms with Gasteiger partial charge in [0.1, 0.15) is 0 Å². The van der Waals surface area contributed by atoms with E-state index in [1.54, 1.807) is 6.92 Å². The van der Waals surface area contributed by atoms with Gasteiger partial charge < -0.3 is 9.42 Å². The molecular formula is C16H20N4O2. The highest BCUT2D eigenvalue weighted by Gasteiger charge is 2.28. The molecular weight excluding hydrogens is 280 g/mol. The maximum absolute atomic E-state index is 12.4. The van der Waals surface area contributed by atoms with Crippen molar-refractivity contribution in [2.75, 3.05) is 26.7 Å². The number of carbonyl (C=O) groups is 1. The number of rotatable bonds is 3. The number of hydrogen-bond donors (Lipinski definition) is 0. The van der Waals surface area contributed by atoms with Crippen LogP contribution in [0.25, 0.3) is 0 Å². The van der Waals surface area contributed by atoms with Gasteiger partial charge in [0.15, 0.2) is 5.82 Å². The number of hydrogen-bond acceptors (Lipinski definition) is 5. The van der Waals surface area contributed by atoms with Crippen molar-refractivity contribution in [1.29, 1.82) is 0 Å². The van der Waals surface area contributed by atoms with Crippen LogP contribution >= 0.6 is 0 Å². The topological polar surface area (TPSA) is 62.5 Å². The van der Waals surface area contributed by atoms with E-state index in [-0.39, 0.29) is 18.4 Å². The van der Waals surface area contributed by atoms with Crippen molar-refractivity contribution in [2.24, 2.45) is 0 Å². The van der Waals surface area contributed by atoms with Gasteiger partial charge in [0.05, 0.1) is 12.5 Å². The van der Waals surface area contributed by atoms with Gasteiger partial charge in [0, 0.05) is 26.6 Å². The lowest BCUT2D eigenvalue weighted by atomic mass is 10.0. The van der Waals surface area contributed by atoms with Crippen LogP contribution < -0.4 is 0 Å². The number of aryl methyl sites for hydroxylation is 1. The predicted molar refractivity (Wildman–Crippen MR) is 81.1 cm³/mol. The molecule has 116 valence electrons. The normalized spacial score (nSPS) is 19.4. The SMILES string of the molecule is Cc1nc(CC(=O)N2CCN(C)C(c3ccccc3)C2)no1. The largest absolute Gasteiger partial charge is 0.340 e. The molecule has 0 radical (unpaired) electrons. The van der Waals surface area contributed by atoms with E-state index < -0.39 is 0 Å². The Kier molecular flexibility index (Phi) is 4.20. The molecule has 1 aromatic heterocycles. The highest BCUT2D eigenvalue weighted by molar-refractivity contribution is 5.78. The average Bonchev–Trinajstić information content (AvgIpc) is 2.93. The third kappa shape index (κ3) is 3.17. The fourth-order valence-corrected chi connectivity index (χ4v) is 2.80. The molecule has 3 rings (SSSR count). The van der Waals surface area contributed by atoms with Crippen molar-refractivity contribution in [3.05, 3.63) is 47.6 Å². The third-order valence-electron chi connectivity index (χ3n) is 4.06. The van der Waals surface area contributed by atoms with Gasteiger partial charge in [-0.2, -0.15) is 4.98 Å². The Morgan fingerprint density at radius 1 is 1.32 bits per heavy atom. The molecule has 1 atom stereocenters. The molecule has 0 aliphatic carbocycles. The van der Waals surface area contributed by atoms with Crippen LogP contribution in [0, 0.1) is 6.92 Å². The van der Waals surface area contributed by atoms with E-state index in [0.29, 0.717) is 18.3 Å². The number of aromatic nitrogens is 2. The van der Waals surface area contributed by atoms with E-state index in [1.807, 2.05) is 23.1 Å². The first-order valence-corrected chi connectivity index (χ1v) is 7.45. The molecule has 6 nitrogen and oxygen atoms in total. The summed E-state index contributed by atoms with van der Waals surface area (Å²) in [5, 5.41) is 3.80. The molecule has 2 aromatic rings. The molecule has 22 heavy (non-hydrogen) atoms. The van der Waals surface area contributed by atoms with Crippen LogP contribution in [0.5, 0.6) is 0 Å². The zero-order chi connectivity index (χ0) is 15.5. The molecule has 0 N–H and O–H groups in total. The van der Waals surface area contributed by atoms with Gasteiger partial charge in [-0.25, -0.2) is 0 Å². The Bertz CT molecular complexity index is 641. The molecule has 1 aliphatic heterocycles. The second-order valence-corrected chi connectivity index (χ2v) is 5.65. The first kappa shape index (κ1) is 14.7.